The number of carbonyl (C=O) groups excluding carboxylic acids is 2. The second-order valence-corrected chi connectivity index (χ2v) is 11.7. The number of aromatic nitrogens is 3. The number of hydrogen-bond donors (Lipinski definition) is 2. The molecule has 1 aliphatic rings. The summed E-state index contributed by atoms with van der Waals surface area (Å²) < 4.78 is 13.4. The fraction of sp³-hybridized carbons (Fsp3) is 0.281. The zero-order chi connectivity index (χ0) is 30.2. The van der Waals surface area contributed by atoms with E-state index >= 15 is 0 Å². The normalized spacial score (nSPS) is 12.7. The molecule has 2 N–H and O–H groups in total. The van der Waals surface area contributed by atoms with Gasteiger partial charge in [-0.3, -0.25) is 19.4 Å². The molecule has 6 rings (SSSR count). The Labute approximate surface area is 251 Å². The first-order valence-electron chi connectivity index (χ1n) is 14.1. The van der Waals surface area contributed by atoms with Gasteiger partial charge in [-0.15, -0.1) is 11.3 Å². The highest BCUT2D eigenvalue weighted by molar-refractivity contribution is 7.17. The van der Waals surface area contributed by atoms with Crippen LogP contribution in [0.25, 0.3) is 16.7 Å². The van der Waals surface area contributed by atoms with Crippen molar-refractivity contribution < 1.29 is 19.1 Å². The SMILES string of the molecule is COC(=O)c1c(NC(=O)c2cc3c(=O)n4cccc(C)c4nc3n(CCc3ccc(OC)cc3)c2=N)sc2c1CCCC2. The van der Waals surface area contributed by atoms with Crippen LogP contribution in [0.1, 0.15) is 55.1 Å². The van der Waals surface area contributed by atoms with Gasteiger partial charge >= 0.3 is 5.97 Å². The number of nitrogens with one attached hydrogen (secondary N) is 2. The predicted octanol–water partition coefficient (Wildman–Crippen LogP) is 4.67. The van der Waals surface area contributed by atoms with Crippen molar-refractivity contribution in [2.24, 2.45) is 0 Å². The van der Waals surface area contributed by atoms with Crippen LogP contribution in [-0.4, -0.2) is 40.0 Å². The highest BCUT2D eigenvalue weighted by Gasteiger charge is 2.28. The average Bonchev–Trinajstić information content (AvgIpc) is 3.38. The third-order valence-corrected chi connectivity index (χ3v) is 9.16. The molecule has 0 radical (unpaired) electrons. The van der Waals surface area contributed by atoms with Gasteiger partial charge in [-0.2, -0.15) is 0 Å². The highest BCUT2D eigenvalue weighted by atomic mass is 32.1. The number of anilines is 1. The molecule has 0 atom stereocenters. The maximum absolute atomic E-state index is 13.8. The number of esters is 1. The summed E-state index contributed by atoms with van der Waals surface area (Å²) in [6.45, 7) is 2.18. The van der Waals surface area contributed by atoms with Crippen LogP contribution in [0.15, 0.2) is 53.5 Å². The van der Waals surface area contributed by atoms with Gasteiger partial charge in [0, 0.05) is 17.6 Å². The Hall–Kier alpha value is -4.77. The smallest absolute Gasteiger partial charge is 0.341 e. The Bertz CT molecular complexity index is 2020. The third kappa shape index (κ3) is 5.10. The molecular formula is C32H31N5O5S. The van der Waals surface area contributed by atoms with Crippen LogP contribution in [0.5, 0.6) is 5.75 Å². The lowest BCUT2D eigenvalue weighted by Gasteiger charge is -2.15. The Morgan fingerprint density at radius 1 is 1.09 bits per heavy atom. The predicted molar refractivity (Wildman–Crippen MR) is 165 cm³/mol. The molecule has 0 fully saturated rings. The first-order chi connectivity index (χ1) is 20.8. The monoisotopic (exact) mass is 597 g/mol. The summed E-state index contributed by atoms with van der Waals surface area (Å²) in [5.41, 5.74) is 3.51. The minimum absolute atomic E-state index is 0.0101. The molecule has 43 heavy (non-hydrogen) atoms. The molecule has 10 nitrogen and oxygen atoms in total. The molecular weight excluding hydrogens is 566 g/mol. The van der Waals surface area contributed by atoms with Crippen molar-refractivity contribution in [2.75, 3.05) is 19.5 Å². The Morgan fingerprint density at radius 3 is 2.60 bits per heavy atom. The van der Waals surface area contributed by atoms with E-state index in [1.165, 1.54) is 28.9 Å². The van der Waals surface area contributed by atoms with Crippen LogP contribution >= 0.6 is 11.3 Å². The molecule has 4 aromatic heterocycles. The fourth-order valence-electron chi connectivity index (χ4n) is 5.66. The molecule has 0 unspecified atom stereocenters. The molecule has 1 amide bonds. The topological polar surface area (TPSA) is 128 Å². The number of methoxy groups -OCH3 is 2. The van der Waals surface area contributed by atoms with Gasteiger partial charge < -0.3 is 19.4 Å². The summed E-state index contributed by atoms with van der Waals surface area (Å²) >= 11 is 1.37. The van der Waals surface area contributed by atoms with E-state index in [0.29, 0.717) is 34.8 Å². The molecule has 0 saturated heterocycles. The van der Waals surface area contributed by atoms with Gasteiger partial charge in [0.1, 0.15) is 27.5 Å². The van der Waals surface area contributed by atoms with Crippen LogP contribution in [0.3, 0.4) is 0 Å². The maximum atomic E-state index is 13.8. The Kier molecular flexibility index (Phi) is 7.57. The van der Waals surface area contributed by atoms with Crippen molar-refractivity contribution in [1.29, 1.82) is 5.41 Å². The number of ether oxygens (including phenoxy) is 2. The average molecular weight is 598 g/mol. The number of nitrogens with zero attached hydrogens (tertiary/aromatic N) is 3. The quantitative estimate of drug-likeness (QED) is 0.207. The maximum Gasteiger partial charge on any atom is 0.341 e. The van der Waals surface area contributed by atoms with Gasteiger partial charge in [0.2, 0.25) is 0 Å². The zero-order valence-electron chi connectivity index (χ0n) is 24.2. The van der Waals surface area contributed by atoms with Crippen LogP contribution < -0.4 is 21.1 Å². The van der Waals surface area contributed by atoms with Gasteiger partial charge in [-0.05, 0) is 80.0 Å². The van der Waals surface area contributed by atoms with Crippen molar-refractivity contribution in [3.05, 3.63) is 97.2 Å². The Morgan fingerprint density at radius 2 is 1.86 bits per heavy atom. The molecule has 0 spiro atoms. The van der Waals surface area contributed by atoms with Crippen LogP contribution in [-0.2, 0) is 30.5 Å². The second kappa shape index (κ2) is 11.5. The standard InChI is InChI=1S/C32H31N5O5S/c1-18-7-6-15-37-27(18)34-28-23(31(37)39)17-22(26(33)36(28)16-14-19-10-12-20(41-2)13-11-19)29(38)35-30-25(32(40)42-3)21-8-4-5-9-24(21)43-30/h6-7,10-13,15,17,33H,4-5,8-9,14,16H2,1-3H3,(H,35,38). The minimum Gasteiger partial charge on any atom is -0.497 e. The number of aryl methyl sites for hydroxylation is 4. The molecule has 11 heteroatoms. The first kappa shape index (κ1) is 28.4. The molecule has 0 saturated carbocycles. The molecule has 0 aliphatic heterocycles. The minimum atomic E-state index is -0.581. The summed E-state index contributed by atoms with van der Waals surface area (Å²) in [6, 6.07) is 12.7. The number of hydrogen-bond acceptors (Lipinski definition) is 8. The van der Waals surface area contributed by atoms with E-state index in [1.807, 2.05) is 37.3 Å². The van der Waals surface area contributed by atoms with Crippen LogP contribution in [0.4, 0.5) is 5.00 Å². The van der Waals surface area contributed by atoms with E-state index < -0.39 is 11.9 Å². The van der Waals surface area contributed by atoms with Crippen molar-refractivity contribution in [3.8, 4) is 5.75 Å². The zero-order valence-corrected chi connectivity index (χ0v) is 25.0. The molecule has 4 heterocycles. The molecule has 1 aliphatic carbocycles. The van der Waals surface area contributed by atoms with Crippen molar-refractivity contribution in [1.82, 2.24) is 14.0 Å². The molecule has 1 aromatic carbocycles. The number of thiophene rings is 1. The van der Waals surface area contributed by atoms with Gasteiger partial charge in [-0.1, -0.05) is 18.2 Å². The van der Waals surface area contributed by atoms with Gasteiger partial charge in [0.05, 0.1) is 30.7 Å². The second-order valence-electron chi connectivity index (χ2n) is 10.6. The van der Waals surface area contributed by atoms with Crippen molar-refractivity contribution in [2.45, 2.75) is 45.6 Å². The summed E-state index contributed by atoms with van der Waals surface area (Å²) in [4.78, 5) is 46.2. The highest BCUT2D eigenvalue weighted by Crippen LogP contribution is 2.38. The van der Waals surface area contributed by atoms with Crippen LogP contribution in [0.2, 0.25) is 0 Å². The summed E-state index contributed by atoms with van der Waals surface area (Å²) in [5, 5.41) is 12.6. The lowest BCUT2D eigenvalue weighted by Crippen LogP contribution is -2.32. The number of rotatable bonds is 7. The number of carbonyl (C=O) groups is 2. The van der Waals surface area contributed by atoms with Gasteiger partial charge in [0.15, 0.2) is 0 Å². The van der Waals surface area contributed by atoms with E-state index in [-0.39, 0.29) is 22.0 Å². The lowest BCUT2D eigenvalue weighted by molar-refractivity contribution is 0.0601. The van der Waals surface area contributed by atoms with Crippen LogP contribution in [0, 0.1) is 12.3 Å². The largest absolute Gasteiger partial charge is 0.497 e. The van der Waals surface area contributed by atoms with E-state index in [2.05, 4.69) is 5.32 Å². The van der Waals surface area contributed by atoms with Gasteiger partial charge in [-0.25, -0.2) is 9.78 Å². The fourth-order valence-corrected chi connectivity index (χ4v) is 6.94. The van der Waals surface area contributed by atoms with Crippen molar-refractivity contribution in [3.63, 3.8) is 0 Å². The van der Waals surface area contributed by atoms with E-state index in [1.54, 1.807) is 23.9 Å². The number of benzene rings is 1. The first-order valence-corrected chi connectivity index (χ1v) is 14.9. The molecule has 0 bridgehead atoms. The summed E-state index contributed by atoms with van der Waals surface area (Å²) in [5.74, 6) is -0.347. The van der Waals surface area contributed by atoms with E-state index in [0.717, 1.165) is 53.0 Å². The molecule has 5 aromatic rings. The number of pyridine rings is 2. The van der Waals surface area contributed by atoms with Crippen molar-refractivity contribution >= 4 is 44.9 Å². The summed E-state index contributed by atoms with van der Waals surface area (Å²) in [7, 11) is 2.93. The summed E-state index contributed by atoms with van der Waals surface area (Å²) in [6.07, 6.45) is 5.72. The third-order valence-electron chi connectivity index (χ3n) is 7.95. The molecule has 220 valence electrons. The Balaban J connectivity index is 1.48. The van der Waals surface area contributed by atoms with E-state index in [9.17, 15) is 14.4 Å². The van der Waals surface area contributed by atoms with E-state index in [4.69, 9.17) is 19.9 Å². The van der Waals surface area contributed by atoms with Gasteiger partial charge in [0.25, 0.3) is 11.5 Å². The number of amides is 1. The number of fused-ring (bicyclic) bond motifs is 3. The lowest BCUT2D eigenvalue weighted by atomic mass is 9.95.